The first-order valence-corrected chi connectivity index (χ1v) is 8.60. The molecule has 6 heteroatoms. The van der Waals surface area contributed by atoms with Crippen molar-refractivity contribution in [2.75, 3.05) is 12.0 Å². The maximum Gasteiger partial charge on any atom is 0.251 e. The van der Waals surface area contributed by atoms with Crippen LogP contribution in [0.25, 0.3) is 0 Å². The first-order valence-electron chi connectivity index (χ1n) is 8.60. The molecule has 0 saturated heterocycles. The quantitative estimate of drug-likeness (QED) is 0.433. The molecule has 1 amide bonds. The van der Waals surface area contributed by atoms with Gasteiger partial charge in [0.15, 0.2) is 5.78 Å². The number of carbonyl (C=O) groups excluding carboxylic acids is 2. The third-order valence-electron chi connectivity index (χ3n) is 3.74. The van der Waals surface area contributed by atoms with Crippen molar-refractivity contribution >= 4 is 23.7 Å². The molecule has 136 valence electrons. The Morgan fingerprint density at radius 1 is 1.12 bits per heavy atom. The van der Waals surface area contributed by atoms with Crippen molar-refractivity contribution < 1.29 is 9.59 Å². The Bertz CT molecular complexity index is 765. The first-order chi connectivity index (χ1) is 12.5. The average Bonchev–Trinajstić information content (AvgIpc) is 2.62. The number of nitrogens with one attached hydrogen (secondary N) is 2. The second-order valence-electron chi connectivity index (χ2n) is 6.42. The summed E-state index contributed by atoms with van der Waals surface area (Å²) >= 11 is 0. The fourth-order valence-corrected chi connectivity index (χ4v) is 2.14. The molecule has 0 aliphatic carbocycles. The fraction of sp³-hybridized carbons (Fsp3) is 0.300. The molecule has 0 fully saturated rings. The summed E-state index contributed by atoms with van der Waals surface area (Å²) in [5, 5.41) is 7.02. The molecule has 0 atom stereocenters. The third-order valence-corrected chi connectivity index (χ3v) is 3.74. The maximum absolute atomic E-state index is 12.0. The van der Waals surface area contributed by atoms with Gasteiger partial charge < -0.3 is 5.32 Å². The van der Waals surface area contributed by atoms with Gasteiger partial charge in [0.05, 0.1) is 6.21 Å². The second-order valence-corrected chi connectivity index (χ2v) is 6.42. The van der Waals surface area contributed by atoms with Gasteiger partial charge in [-0.1, -0.05) is 26.0 Å². The number of rotatable bonds is 8. The topological polar surface area (TPSA) is 83.5 Å². The van der Waals surface area contributed by atoms with Crippen LogP contribution in [0.15, 0.2) is 47.7 Å². The summed E-state index contributed by atoms with van der Waals surface area (Å²) in [7, 11) is 0. The number of nitrogens with zero attached hydrogens (tertiary/aromatic N) is 2. The van der Waals surface area contributed by atoms with E-state index < -0.39 is 0 Å². The van der Waals surface area contributed by atoms with Crippen LogP contribution in [-0.4, -0.2) is 29.4 Å². The van der Waals surface area contributed by atoms with E-state index in [2.05, 4.69) is 34.7 Å². The van der Waals surface area contributed by atoms with Crippen LogP contribution in [0, 0.1) is 5.92 Å². The summed E-state index contributed by atoms with van der Waals surface area (Å²) in [5.41, 5.74) is 4.84. The number of pyridine rings is 1. The van der Waals surface area contributed by atoms with E-state index in [1.165, 1.54) is 13.1 Å². The molecule has 0 radical (unpaired) electrons. The van der Waals surface area contributed by atoms with E-state index >= 15 is 0 Å². The van der Waals surface area contributed by atoms with E-state index in [9.17, 15) is 9.59 Å². The van der Waals surface area contributed by atoms with Crippen molar-refractivity contribution in [3.63, 3.8) is 0 Å². The highest BCUT2D eigenvalue weighted by atomic mass is 16.1. The van der Waals surface area contributed by atoms with Gasteiger partial charge in [-0.2, -0.15) is 5.10 Å². The fourth-order valence-electron chi connectivity index (χ4n) is 2.14. The maximum atomic E-state index is 12.0. The summed E-state index contributed by atoms with van der Waals surface area (Å²) in [6.45, 7) is 6.43. The highest BCUT2D eigenvalue weighted by Crippen LogP contribution is 2.07. The highest BCUT2D eigenvalue weighted by Gasteiger charge is 2.05. The minimum absolute atomic E-state index is 0.0270. The van der Waals surface area contributed by atoms with E-state index in [1.807, 2.05) is 12.1 Å². The molecule has 1 aromatic heterocycles. The highest BCUT2D eigenvalue weighted by molar-refractivity contribution is 5.95. The Hall–Kier alpha value is -3.02. The number of carbonyl (C=O) groups is 2. The minimum Gasteiger partial charge on any atom is -0.352 e. The predicted molar refractivity (Wildman–Crippen MR) is 104 cm³/mol. The lowest BCUT2D eigenvalue weighted by atomic mass is 10.1. The molecule has 0 spiro atoms. The molecule has 2 N–H and O–H groups in total. The van der Waals surface area contributed by atoms with Crippen molar-refractivity contribution in [3.8, 4) is 0 Å². The Balaban J connectivity index is 1.87. The molecule has 1 aromatic carbocycles. The molecule has 2 aromatic rings. The molecule has 0 aliphatic heterocycles. The van der Waals surface area contributed by atoms with Crippen molar-refractivity contribution in [1.82, 2.24) is 10.3 Å². The Morgan fingerprint density at radius 2 is 1.81 bits per heavy atom. The summed E-state index contributed by atoms with van der Waals surface area (Å²) < 4.78 is 0. The summed E-state index contributed by atoms with van der Waals surface area (Å²) in [6.07, 6.45) is 4.11. The van der Waals surface area contributed by atoms with Crippen LogP contribution in [0.2, 0.25) is 0 Å². The predicted octanol–water partition coefficient (Wildman–Crippen LogP) is 3.51. The molecular formula is C20H24N4O2. The first kappa shape index (κ1) is 19.3. The number of Topliss-reactive ketones (excluding diaryl/α,β-unsaturated/α-hetero) is 1. The van der Waals surface area contributed by atoms with E-state index in [-0.39, 0.29) is 11.7 Å². The van der Waals surface area contributed by atoms with Crippen LogP contribution in [-0.2, 0) is 0 Å². The molecule has 6 nitrogen and oxygen atoms in total. The van der Waals surface area contributed by atoms with E-state index in [4.69, 9.17) is 0 Å². The zero-order valence-corrected chi connectivity index (χ0v) is 15.3. The largest absolute Gasteiger partial charge is 0.352 e. The van der Waals surface area contributed by atoms with Crippen LogP contribution in [0.1, 0.15) is 53.5 Å². The molecule has 26 heavy (non-hydrogen) atoms. The van der Waals surface area contributed by atoms with Crippen molar-refractivity contribution in [2.24, 2.45) is 11.0 Å². The number of hydrogen-bond acceptors (Lipinski definition) is 5. The van der Waals surface area contributed by atoms with Crippen LogP contribution in [0.3, 0.4) is 0 Å². The van der Waals surface area contributed by atoms with E-state index in [0.717, 1.165) is 12.0 Å². The number of amides is 1. The summed E-state index contributed by atoms with van der Waals surface area (Å²) in [4.78, 5) is 27.3. The Kier molecular flexibility index (Phi) is 7.02. The lowest BCUT2D eigenvalue weighted by molar-refractivity contribution is 0.0951. The smallest absolute Gasteiger partial charge is 0.251 e. The van der Waals surface area contributed by atoms with Crippen LogP contribution in [0.5, 0.6) is 0 Å². The zero-order chi connectivity index (χ0) is 18.9. The van der Waals surface area contributed by atoms with Gasteiger partial charge in [-0.15, -0.1) is 0 Å². The Morgan fingerprint density at radius 3 is 2.38 bits per heavy atom. The lowest BCUT2D eigenvalue weighted by Gasteiger charge is -2.07. The van der Waals surface area contributed by atoms with Gasteiger partial charge in [-0.3, -0.25) is 15.0 Å². The molecule has 1 heterocycles. The van der Waals surface area contributed by atoms with Crippen molar-refractivity contribution in [2.45, 2.75) is 27.2 Å². The summed E-state index contributed by atoms with van der Waals surface area (Å²) in [6, 6.07) is 10.6. The van der Waals surface area contributed by atoms with Gasteiger partial charge in [-0.05, 0) is 49.1 Å². The van der Waals surface area contributed by atoms with Crippen LogP contribution in [0.4, 0.5) is 5.82 Å². The van der Waals surface area contributed by atoms with Gasteiger partial charge in [-0.25, -0.2) is 4.98 Å². The van der Waals surface area contributed by atoms with Crippen LogP contribution < -0.4 is 10.7 Å². The van der Waals surface area contributed by atoms with Gasteiger partial charge in [0, 0.05) is 23.9 Å². The molecule has 0 aliphatic rings. The molecule has 0 bridgehead atoms. The Labute approximate surface area is 153 Å². The average molecular weight is 352 g/mol. The van der Waals surface area contributed by atoms with Gasteiger partial charge in [0.25, 0.3) is 5.91 Å². The number of hydrogen-bond donors (Lipinski definition) is 2. The number of hydrazone groups is 1. The SMILES string of the molecule is CC(=O)c1ccc(N/N=C/c2ccc(C(=O)NCCC(C)C)cc2)nc1. The molecule has 2 rings (SSSR count). The van der Waals surface area contributed by atoms with Crippen molar-refractivity contribution in [1.29, 1.82) is 0 Å². The minimum atomic E-state index is -0.0676. The number of anilines is 1. The van der Waals surface area contributed by atoms with Gasteiger partial charge in [0.2, 0.25) is 0 Å². The summed E-state index contributed by atoms with van der Waals surface area (Å²) in [5.74, 6) is 1.02. The number of benzene rings is 1. The van der Waals surface area contributed by atoms with Crippen LogP contribution >= 0.6 is 0 Å². The number of ketones is 1. The molecular weight excluding hydrogens is 328 g/mol. The zero-order valence-electron chi connectivity index (χ0n) is 15.3. The van der Waals surface area contributed by atoms with Gasteiger partial charge in [0.1, 0.15) is 5.82 Å². The van der Waals surface area contributed by atoms with E-state index in [1.54, 1.807) is 30.5 Å². The molecule has 0 unspecified atom stereocenters. The second kappa shape index (κ2) is 9.46. The lowest BCUT2D eigenvalue weighted by Crippen LogP contribution is -2.25. The van der Waals surface area contributed by atoms with E-state index in [0.29, 0.717) is 29.4 Å². The van der Waals surface area contributed by atoms with Gasteiger partial charge >= 0.3 is 0 Å². The normalized spacial score (nSPS) is 10.9. The standard InChI is InChI=1S/C20H24N4O2/c1-14(2)10-11-21-20(26)17-6-4-16(5-7-17)12-23-24-19-9-8-18(13-22-19)15(3)25/h4-9,12-14H,10-11H2,1-3H3,(H,21,26)(H,22,24)/b23-12+. The monoisotopic (exact) mass is 352 g/mol. The third kappa shape index (κ3) is 6.12. The molecule has 0 saturated carbocycles. The van der Waals surface area contributed by atoms with Crippen molar-refractivity contribution in [3.05, 3.63) is 59.3 Å². The number of aromatic nitrogens is 1.